The van der Waals surface area contributed by atoms with E-state index in [1.54, 1.807) is 24.0 Å². The molecule has 8 heteroatoms. The fourth-order valence-corrected chi connectivity index (χ4v) is 3.40. The number of aromatic hydroxyl groups is 1. The lowest BCUT2D eigenvalue weighted by molar-refractivity contribution is -0.116. The number of phenolic OH excluding ortho intramolecular Hbond substituents is 1. The second-order valence-corrected chi connectivity index (χ2v) is 7.09. The summed E-state index contributed by atoms with van der Waals surface area (Å²) in [4.78, 5) is 24.0. The van der Waals surface area contributed by atoms with Crippen LogP contribution in [0.15, 0.2) is 23.9 Å². The fraction of sp³-hybridized carbons (Fsp3) is 0.381. The van der Waals surface area contributed by atoms with Crippen LogP contribution >= 0.6 is 0 Å². The zero-order chi connectivity index (χ0) is 21.1. The van der Waals surface area contributed by atoms with Gasteiger partial charge in [0.15, 0.2) is 5.82 Å². The molecule has 0 atom stereocenters. The van der Waals surface area contributed by atoms with Gasteiger partial charge in [0.2, 0.25) is 5.91 Å². The molecule has 8 nitrogen and oxygen atoms in total. The molecule has 1 amide bonds. The van der Waals surface area contributed by atoms with E-state index in [1.165, 1.54) is 7.11 Å². The number of nitrogens with zero attached hydrogens (tertiary/aromatic N) is 2. The SMILES string of the molecule is COc1c(C)c2c(c(O)c1CC=C(C)CCC(=O)Nc1ccn(C)n1)C(=O)OC2. The molecular weight excluding hydrogens is 374 g/mol. The summed E-state index contributed by atoms with van der Waals surface area (Å²) in [6, 6.07) is 1.73. The first-order valence-corrected chi connectivity index (χ1v) is 9.35. The number of ether oxygens (including phenoxy) is 2. The molecule has 3 rings (SSSR count). The van der Waals surface area contributed by atoms with Crippen LogP contribution < -0.4 is 10.1 Å². The number of aryl methyl sites for hydroxylation is 1. The number of cyclic esters (lactones) is 1. The standard InChI is InChI=1S/C21H25N3O5/c1-12(6-8-17(25)22-16-9-10-24(3)23-16)5-7-14-19(26)18-15(11-29-21(18)27)13(2)20(14)28-4/h5,9-10,26H,6-8,11H2,1-4H3,(H,22,23,25). The molecule has 154 valence electrons. The molecule has 0 unspecified atom stereocenters. The van der Waals surface area contributed by atoms with Gasteiger partial charge in [0.05, 0.1) is 7.11 Å². The summed E-state index contributed by atoms with van der Waals surface area (Å²) in [5.74, 6) is 0.345. The maximum atomic E-state index is 12.1. The molecule has 0 saturated carbocycles. The molecule has 0 saturated heterocycles. The molecule has 2 heterocycles. The summed E-state index contributed by atoms with van der Waals surface area (Å²) in [7, 11) is 3.32. The Morgan fingerprint density at radius 1 is 1.45 bits per heavy atom. The summed E-state index contributed by atoms with van der Waals surface area (Å²) >= 11 is 0. The minimum absolute atomic E-state index is 0.0955. The molecule has 2 aromatic rings. The molecule has 1 aliphatic rings. The molecule has 2 N–H and O–H groups in total. The number of anilines is 1. The number of esters is 1. The van der Waals surface area contributed by atoms with Crippen molar-refractivity contribution in [3.63, 3.8) is 0 Å². The van der Waals surface area contributed by atoms with Crippen molar-refractivity contribution >= 4 is 17.7 Å². The molecule has 0 spiro atoms. The van der Waals surface area contributed by atoms with Crippen molar-refractivity contribution in [1.82, 2.24) is 9.78 Å². The van der Waals surface area contributed by atoms with Crippen LogP contribution in [0, 0.1) is 6.92 Å². The second kappa shape index (κ2) is 8.38. The lowest BCUT2D eigenvalue weighted by atomic mass is 9.94. The first-order chi connectivity index (χ1) is 13.8. The molecule has 1 aromatic heterocycles. The third-order valence-corrected chi connectivity index (χ3v) is 5.03. The highest BCUT2D eigenvalue weighted by Gasteiger charge is 2.31. The molecular formula is C21H25N3O5. The highest BCUT2D eigenvalue weighted by Crippen LogP contribution is 2.42. The van der Waals surface area contributed by atoms with E-state index >= 15 is 0 Å². The monoisotopic (exact) mass is 399 g/mol. The van der Waals surface area contributed by atoms with Gasteiger partial charge < -0.3 is 19.9 Å². The van der Waals surface area contributed by atoms with Gasteiger partial charge in [-0.25, -0.2) is 4.79 Å². The van der Waals surface area contributed by atoms with Gasteiger partial charge in [-0.2, -0.15) is 5.10 Å². The molecule has 1 aromatic carbocycles. The van der Waals surface area contributed by atoms with E-state index in [0.717, 1.165) is 11.1 Å². The van der Waals surface area contributed by atoms with Gasteiger partial charge >= 0.3 is 5.97 Å². The Kier molecular flexibility index (Phi) is 5.91. The molecule has 1 aliphatic heterocycles. The number of carbonyl (C=O) groups is 2. The van der Waals surface area contributed by atoms with Crippen molar-refractivity contribution in [2.45, 2.75) is 39.7 Å². The molecule has 29 heavy (non-hydrogen) atoms. The van der Waals surface area contributed by atoms with Crippen molar-refractivity contribution in [1.29, 1.82) is 0 Å². The average molecular weight is 399 g/mol. The Morgan fingerprint density at radius 3 is 2.86 bits per heavy atom. The first-order valence-electron chi connectivity index (χ1n) is 9.35. The van der Waals surface area contributed by atoms with Gasteiger partial charge in [-0.05, 0) is 32.3 Å². The van der Waals surface area contributed by atoms with Crippen molar-refractivity contribution in [2.24, 2.45) is 7.05 Å². The molecule has 0 aliphatic carbocycles. The van der Waals surface area contributed by atoms with E-state index in [0.29, 0.717) is 42.0 Å². The normalized spacial score (nSPS) is 13.2. The Bertz CT molecular complexity index is 991. The Hall–Kier alpha value is -3.29. The van der Waals surface area contributed by atoms with Crippen LogP contribution in [-0.4, -0.2) is 33.9 Å². The van der Waals surface area contributed by atoms with Crippen LogP contribution in [0.3, 0.4) is 0 Å². The Balaban J connectivity index is 1.69. The molecule has 0 radical (unpaired) electrons. The van der Waals surface area contributed by atoms with E-state index in [-0.39, 0.29) is 23.8 Å². The lowest BCUT2D eigenvalue weighted by Crippen LogP contribution is -2.12. The first kappa shape index (κ1) is 20.4. The lowest BCUT2D eigenvalue weighted by Gasteiger charge is -2.15. The highest BCUT2D eigenvalue weighted by molar-refractivity contribution is 5.98. The number of phenols is 1. The quantitative estimate of drug-likeness (QED) is 0.548. The Morgan fingerprint density at radius 2 is 2.21 bits per heavy atom. The van der Waals surface area contributed by atoms with Crippen LogP contribution in [-0.2, 0) is 29.6 Å². The van der Waals surface area contributed by atoms with Gasteiger partial charge in [-0.15, -0.1) is 0 Å². The van der Waals surface area contributed by atoms with E-state index in [4.69, 9.17) is 9.47 Å². The van der Waals surface area contributed by atoms with Crippen molar-refractivity contribution < 1.29 is 24.2 Å². The summed E-state index contributed by atoms with van der Waals surface area (Å²) < 4.78 is 12.2. The maximum Gasteiger partial charge on any atom is 0.342 e. The number of carbonyl (C=O) groups excluding carboxylic acids is 2. The number of hydrogen-bond acceptors (Lipinski definition) is 6. The van der Waals surface area contributed by atoms with Crippen molar-refractivity contribution in [3.05, 3.63) is 46.2 Å². The summed E-state index contributed by atoms with van der Waals surface area (Å²) in [5.41, 5.74) is 3.21. The molecule has 0 fully saturated rings. The number of methoxy groups -OCH3 is 1. The third kappa shape index (κ3) is 4.26. The van der Waals surface area contributed by atoms with E-state index < -0.39 is 5.97 Å². The third-order valence-electron chi connectivity index (χ3n) is 5.03. The Labute approximate surface area is 169 Å². The van der Waals surface area contributed by atoms with E-state index in [2.05, 4.69) is 10.4 Å². The number of benzene rings is 1. The van der Waals surface area contributed by atoms with Crippen LogP contribution in [0.25, 0.3) is 0 Å². The number of aromatic nitrogens is 2. The predicted octanol–water partition coefficient (Wildman–Crippen LogP) is 3.02. The zero-order valence-electron chi connectivity index (χ0n) is 17.0. The van der Waals surface area contributed by atoms with Gasteiger partial charge in [-0.1, -0.05) is 11.6 Å². The number of amides is 1. The summed E-state index contributed by atoms with van der Waals surface area (Å²) in [6.07, 6.45) is 4.95. The predicted molar refractivity (Wildman–Crippen MR) is 107 cm³/mol. The number of allylic oxidation sites excluding steroid dienone is 2. The number of hydrogen-bond donors (Lipinski definition) is 2. The maximum absolute atomic E-state index is 12.1. The number of fused-ring (bicyclic) bond motifs is 1. The van der Waals surface area contributed by atoms with Crippen molar-refractivity contribution in [3.8, 4) is 11.5 Å². The van der Waals surface area contributed by atoms with Gasteiger partial charge in [0.25, 0.3) is 0 Å². The topological polar surface area (TPSA) is 103 Å². The van der Waals surface area contributed by atoms with Crippen LogP contribution in [0.5, 0.6) is 11.5 Å². The fourth-order valence-electron chi connectivity index (χ4n) is 3.40. The van der Waals surface area contributed by atoms with Gasteiger partial charge in [-0.3, -0.25) is 9.48 Å². The highest BCUT2D eigenvalue weighted by atomic mass is 16.5. The van der Waals surface area contributed by atoms with E-state index in [1.807, 2.05) is 19.9 Å². The van der Waals surface area contributed by atoms with Crippen LogP contribution in [0.4, 0.5) is 5.82 Å². The molecule has 0 bridgehead atoms. The number of rotatable bonds is 7. The van der Waals surface area contributed by atoms with Crippen LogP contribution in [0.1, 0.15) is 46.8 Å². The van der Waals surface area contributed by atoms with Gasteiger partial charge in [0, 0.05) is 36.9 Å². The number of nitrogens with one attached hydrogen (secondary N) is 1. The smallest absolute Gasteiger partial charge is 0.342 e. The largest absolute Gasteiger partial charge is 0.507 e. The van der Waals surface area contributed by atoms with E-state index in [9.17, 15) is 14.7 Å². The summed E-state index contributed by atoms with van der Waals surface area (Å²) in [6.45, 7) is 3.91. The zero-order valence-corrected chi connectivity index (χ0v) is 17.0. The van der Waals surface area contributed by atoms with Gasteiger partial charge in [0.1, 0.15) is 23.7 Å². The summed E-state index contributed by atoms with van der Waals surface area (Å²) in [5, 5.41) is 17.5. The minimum Gasteiger partial charge on any atom is -0.507 e. The second-order valence-electron chi connectivity index (χ2n) is 7.09. The van der Waals surface area contributed by atoms with Crippen LogP contribution in [0.2, 0.25) is 0 Å². The minimum atomic E-state index is -0.517. The average Bonchev–Trinajstić information content (AvgIpc) is 3.27. The van der Waals surface area contributed by atoms with Crippen molar-refractivity contribution in [2.75, 3.05) is 12.4 Å².